The minimum atomic E-state index is 0.507. The first-order valence-corrected chi connectivity index (χ1v) is 6.39. The van der Waals surface area contributed by atoms with Gasteiger partial charge in [-0.15, -0.1) is 0 Å². The van der Waals surface area contributed by atoms with Crippen molar-refractivity contribution >= 4 is 11.6 Å². The summed E-state index contributed by atoms with van der Waals surface area (Å²) in [6, 6.07) is 1.91. The van der Waals surface area contributed by atoms with Crippen molar-refractivity contribution in [3.8, 4) is 0 Å². The largest absolute Gasteiger partial charge is 0.453 e. The number of nitrogens with one attached hydrogen (secondary N) is 1. The van der Waals surface area contributed by atoms with Gasteiger partial charge in [0.25, 0.3) is 0 Å². The molecule has 4 heteroatoms. The van der Waals surface area contributed by atoms with Crippen LogP contribution in [0.1, 0.15) is 24.8 Å². The fraction of sp³-hybridized carbons (Fsp3) is 0.667. The zero-order valence-corrected chi connectivity index (χ0v) is 10.3. The number of halogens is 1. The second kappa shape index (κ2) is 6.28. The Hall–Kier alpha value is -0.510. The van der Waals surface area contributed by atoms with Crippen LogP contribution in [0, 0.1) is 0 Å². The van der Waals surface area contributed by atoms with Gasteiger partial charge in [-0.25, -0.2) is 0 Å². The minimum absolute atomic E-state index is 0.507. The molecule has 0 aromatic carbocycles. The molecule has 1 fully saturated rings. The molecule has 3 nitrogen and oxygen atoms in total. The standard InChI is InChI=1S/C12H19ClN2O/c13-12-11(4-9-16-12)10-14-5-3-8-15-6-1-2-7-15/h4,9,14H,1-3,5-8,10H2. The van der Waals surface area contributed by atoms with E-state index in [1.807, 2.05) is 6.07 Å². The summed E-state index contributed by atoms with van der Waals surface area (Å²) in [5.41, 5.74) is 1.04. The van der Waals surface area contributed by atoms with Crippen LogP contribution in [0.5, 0.6) is 0 Å². The Bertz CT molecular complexity index is 308. The van der Waals surface area contributed by atoms with Crippen LogP contribution in [-0.4, -0.2) is 31.1 Å². The van der Waals surface area contributed by atoms with E-state index in [1.54, 1.807) is 6.26 Å². The molecule has 0 bridgehead atoms. The highest BCUT2D eigenvalue weighted by Gasteiger charge is 2.10. The van der Waals surface area contributed by atoms with Crippen molar-refractivity contribution in [2.45, 2.75) is 25.8 Å². The van der Waals surface area contributed by atoms with E-state index in [0.29, 0.717) is 5.22 Å². The molecular weight excluding hydrogens is 224 g/mol. The molecule has 1 aromatic rings. The van der Waals surface area contributed by atoms with Gasteiger partial charge in [-0.05, 0) is 63.1 Å². The Morgan fingerprint density at radius 3 is 2.88 bits per heavy atom. The van der Waals surface area contributed by atoms with Crippen LogP contribution in [0.2, 0.25) is 5.22 Å². The molecule has 0 unspecified atom stereocenters. The maximum absolute atomic E-state index is 5.84. The molecule has 2 rings (SSSR count). The highest BCUT2D eigenvalue weighted by atomic mass is 35.5. The fourth-order valence-corrected chi connectivity index (χ4v) is 2.28. The maximum atomic E-state index is 5.84. The fourth-order valence-electron chi connectivity index (χ4n) is 2.10. The summed E-state index contributed by atoms with van der Waals surface area (Å²) in [5, 5.41) is 3.89. The third kappa shape index (κ3) is 3.51. The normalized spacial score (nSPS) is 17.1. The predicted molar refractivity (Wildman–Crippen MR) is 65.7 cm³/mol. The Kier molecular flexibility index (Phi) is 4.69. The maximum Gasteiger partial charge on any atom is 0.197 e. The number of hydrogen-bond acceptors (Lipinski definition) is 3. The van der Waals surface area contributed by atoms with E-state index < -0.39 is 0 Å². The Morgan fingerprint density at radius 1 is 1.38 bits per heavy atom. The van der Waals surface area contributed by atoms with Gasteiger partial charge in [0.05, 0.1) is 6.26 Å². The molecule has 1 aliphatic heterocycles. The highest BCUT2D eigenvalue weighted by Crippen LogP contribution is 2.15. The number of likely N-dealkylation sites (tertiary alicyclic amines) is 1. The van der Waals surface area contributed by atoms with E-state index in [-0.39, 0.29) is 0 Å². The van der Waals surface area contributed by atoms with Gasteiger partial charge in [0.15, 0.2) is 5.22 Å². The molecule has 0 spiro atoms. The molecule has 2 heterocycles. The van der Waals surface area contributed by atoms with Crippen LogP contribution < -0.4 is 5.32 Å². The van der Waals surface area contributed by atoms with Gasteiger partial charge in [-0.3, -0.25) is 0 Å². The number of hydrogen-bond donors (Lipinski definition) is 1. The molecule has 1 aromatic heterocycles. The zero-order chi connectivity index (χ0) is 11.2. The molecule has 0 atom stereocenters. The van der Waals surface area contributed by atoms with Crippen molar-refractivity contribution in [1.82, 2.24) is 10.2 Å². The van der Waals surface area contributed by atoms with Crippen molar-refractivity contribution in [3.63, 3.8) is 0 Å². The predicted octanol–water partition coefficient (Wildman–Crippen LogP) is 2.51. The van der Waals surface area contributed by atoms with Crippen molar-refractivity contribution in [2.75, 3.05) is 26.2 Å². The van der Waals surface area contributed by atoms with Crippen molar-refractivity contribution in [3.05, 3.63) is 23.1 Å². The summed E-state index contributed by atoms with van der Waals surface area (Å²) < 4.78 is 5.02. The summed E-state index contributed by atoms with van der Waals surface area (Å²) in [5.74, 6) is 0. The molecule has 0 amide bonds. The van der Waals surface area contributed by atoms with Crippen LogP contribution in [-0.2, 0) is 6.54 Å². The summed E-state index contributed by atoms with van der Waals surface area (Å²) in [7, 11) is 0. The lowest BCUT2D eigenvalue weighted by Gasteiger charge is -2.14. The average molecular weight is 243 g/mol. The van der Waals surface area contributed by atoms with Crippen LogP contribution in [0.4, 0.5) is 0 Å². The van der Waals surface area contributed by atoms with E-state index in [4.69, 9.17) is 16.0 Å². The first kappa shape index (κ1) is 12.0. The van der Waals surface area contributed by atoms with Gasteiger partial charge >= 0.3 is 0 Å². The molecule has 90 valence electrons. The summed E-state index contributed by atoms with van der Waals surface area (Å²) in [4.78, 5) is 2.53. The second-order valence-electron chi connectivity index (χ2n) is 4.30. The molecule has 16 heavy (non-hydrogen) atoms. The quantitative estimate of drug-likeness (QED) is 0.777. The average Bonchev–Trinajstić information content (AvgIpc) is 2.90. The summed E-state index contributed by atoms with van der Waals surface area (Å²) in [6.07, 6.45) is 5.58. The van der Waals surface area contributed by atoms with E-state index >= 15 is 0 Å². The lowest BCUT2D eigenvalue weighted by molar-refractivity contribution is 0.331. The topological polar surface area (TPSA) is 28.4 Å². The van der Waals surface area contributed by atoms with Crippen LogP contribution in [0.15, 0.2) is 16.7 Å². The molecule has 1 aliphatic rings. The van der Waals surface area contributed by atoms with E-state index in [2.05, 4.69) is 10.2 Å². The Balaban J connectivity index is 1.53. The molecule has 0 saturated carbocycles. The third-order valence-corrected chi connectivity index (χ3v) is 3.37. The lowest BCUT2D eigenvalue weighted by atomic mass is 10.3. The van der Waals surface area contributed by atoms with E-state index in [0.717, 1.165) is 18.7 Å². The SMILES string of the molecule is Clc1occc1CNCCCN1CCCC1. The number of furan rings is 1. The van der Waals surface area contributed by atoms with Crippen LogP contribution >= 0.6 is 11.6 Å². The summed E-state index contributed by atoms with van der Waals surface area (Å²) >= 11 is 5.84. The second-order valence-corrected chi connectivity index (χ2v) is 4.64. The van der Waals surface area contributed by atoms with Gasteiger partial charge < -0.3 is 14.6 Å². The molecule has 1 N–H and O–H groups in total. The van der Waals surface area contributed by atoms with Gasteiger partial charge in [-0.2, -0.15) is 0 Å². The molecule has 1 saturated heterocycles. The highest BCUT2D eigenvalue weighted by molar-refractivity contribution is 6.29. The van der Waals surface area contributed by atoms with Crippen LogP contribution in [0.3, 0.4) is 0 Å². The molecular formula is C12H19ClN2O. The zero-order valence-electron chi connectivity index (χ0n) is 9.54. The van der Waals surface area contributed by atoms with E-state index in [9.17, 15) is 0 Å². The first-order valence-electron chi connectivity index (χ1n) is 6.01. The Morgan fingerprint density at radius 2 is 2.19 bits per heavy atom. The third-order valence-electron chi connectivity index (χ3n) is 3.04. The summed E-state index contributed by atoms with van der Waals surface area (Å²) in [6.45, 7) is 5.63. The smallest absolute Gasteiger partial charge is 0.197 e. The van der Waals surface area contributed by atoms with E-state index in [1.165, 1.54) is 38.9 Å². The number of rotatable bonds is 6. The van der Waals surface area contributed by atoms with Crippen molar-refractivity contribution in [2.24, 2.45) is 0 Å². The number of nitrogens with zero attached hydrogens (tertiary/aromatic N) is 1. The lowest BCUT2D eigenvalue weighted by Crippen LogP contribution is -2.24. The van der Waals surface area contributed by atoms with Crippen molar-refractivity contribution < 1.29 is 4.42 Å². The first-order chi connectivity index (χ1) is 7.86. The van der Waals surface area contributed by atoms with Gasteiger partial charge in [0, 0.05) is 12.1 Å². The van der Waals surface area contributed by atoms with Gasteiger partial charge in [0.2, 0.25) is 0 Å². The van der Waals surface area contributed by atoms with Crippen LogP contribution in [0.25, 0.3) is 0 Å². The molecule has 0 radical (unpaired) electrons. The van der Waals surface area contributed by atoms with Gasteiger partial charge in [0.1, 0.15) is 0 Å². The monoisotopic (exact) mass is 242 g/mol. The molecule has 0 aliphatic carbocycles. The Labute approximate surface area is 102 Å². The van der Waals surface area contributed by atoms with Crippen molar-refractivity contribution in [1.29, 1.82) is 0 Å². The minimum Gasteiger partial charge on any atom is -0.453 e. The van der Waals surface area contributed by atoms with Gasteiger partial charge in [-0.1, -0.05) is 0 Å².